The molecule has 3 aromatic rings. The van der Waals surface area contributed by atoms with E-state index in [4.69, 9.17) is 13.6 Å². The number of aryl methyl sites for hydroxylation is 1. The summed E-state index contributed by atoms with van der Waals surface area (Å²) in [5.41, 5.74) is 1.57. The number of hydrogen-bond donors (Lipinski definition) is 1. The minimum absolute atomic E-state index is 0.106. The molecule has 1 aromatic heterocycles. The molecule has 176 valence electrons. The van der Waals surface area contributed by atoms with Crippen LogP contribution in [0.1, 0.15) is 23.1 Å². The molecule has 0 atom stereocenters. The molecule has 3 rings (SSSR count). The van der Waals surface area contributed by atoms with E-state index in [2.05, 4.69) is 10.5 Å². The molecule has 2 aromatic carbocycles. The molecule has 0 bridgehead atoms. The summed E-state index contributed by atoms with van der Waals surface area (Å²) in [6.07, 6.45) is -2.48. The normalized spacial score (nSPS) is 12.0. The van der Waals surface area contributed by atoms with Crippen molar-refractivity contribution >= 4 is 19.2 Å². The molecule has 1 N–H and O–H groups in total. The highest BCUT2D eigenvalue weighted by atomic mass is 31.2. The lowest BCUT2D eigenvalue weighted by Crippen LogP contribution is -2.12. The maximum absolute atomic E-state index is 12.8. The van der Waals surface area contributed by atoms with Crippen molar-refractivity contribution in [1.29, 1.82) is 0 Å². The van der Waals surface area contributed by atoms with Crippen molar-refractivity contribution < 1.29 is 36.1 Å². The highest BCUT2D eigenvalue weighted by Crippen LogP contribution is 2.49. The number of benzene rings is 2. The average molecular weight is 482 g/mol. The Balaban J connectivity index is 1.58. The van der Waals surface area contributed by atoms with Crippen molar-refractivity contribution in [3.05, 3.63) is 71.4 Å². The summed E-state index contributed by atoms with van der Waals surface area (Å²) < 4.78 is 65.5. The topological polar surface area (TPSA) is 90.7 Å². The lowest BCUT2D eigenvalue weighted by molar-refractivity contribution is -0.137. The van der Waals surface area contributed by atoms with Crippen molar-refractivity contribution in [1.82, 2.24) is 5.16 Å². The predicted molar refractivity (Wildman–Crippen MR) is 116 cm³/mol. The van der Waals surface area contributed by atoms with Gasteiger partial charge in [-0.25, -0.2) is 0 Å². The molecule has 33 heavy (non-hydrogen) atoms. The number of alkyl halides is 3. The number of hydrogen-bond acceptors (Lipinski definition) is 6. The number of rotatable bonds is 9. The first-order valence-electron chi connectivity index (χ1n) is 9.84. The molecule has 0 saturated heterocycles. The van der Waals surface area contributed by atoms with E-state index in [-0.39, 0.29) is 24.9 Å². The molecule has 0 radical (unpaired) electrons. The Labute approximate surface area is 188 Å². The van der Waals surface area contributed by atoms with E-state index < -0.39 is 19.3 Å². The number of aromatic nitrogens is 1. The number of carbonyl (C=O) groups excluding carboxylic acids is 1. The van der Waals surface area contributed by atoms with Gasteiger partial charge in [-0.15, -0.1) is 0 Å². The monoisotopic (exact) mass is 482 g/mol. The zero-order valence-corrected chi connectivity index (χ0v) is 18.8. The van der Waals surface area contributed by atoms with Gasteiger partial charge in [-0.3, -0.25) is 9.36 Å². The lowest BCUT2D eigenvalue weighted by Gasteiger charge is -2.13. The molecular formula is C22H22F3N2O5P. The zero-order valence-electron chi connectivity index (χ0n) is 17.9. The van der Waals surface area contributed by atoms with Gasteiger partial charge < -0.3 is 18.9 Å². The summed E-state index contributed by atoms with van der Waals surface area (Å²) in [7, 11) is -0.550. The van der Waals surface area contributed by atoms with Gasteiger partial charge in [0.2, 0.25) is 5.91 Å². The van der Waals surface area contributed by atoms with Gasteiger partial charge in [0, 0.05) is 37.5 Å². The Hall–Kier alpha value is -2.94. The van der Waals surface area contributed by atoms with E-state index in [0.29, 0.717) is 22.6 Å². The SMILES string of the molecule is COP(=O)(Cc1ccc(NC(=O)CCc2cnoc2-c2ccc(C(F)(F)F)cc2)cc1)OC. The van der Waals surface area contributed by atoms with Crippen molar-refractivity contribution in [2.75, 3.05) is 19.5 Å². The Morgan fingerprint density at radius 3 is 2.27 bits per heavy atom. The van der Waals surface area contributed by atoms with Crippen LogP contribution in [0.5, 0.6) is 0 Å². The maximum Gasteiger partial charge on any atom is 0.416 e. The van der Waals surface area contributed by atoms with E-state index >= 15 is 0 Å². The molecule has 0 spiro atoms. The standard InChI is InChI=1S/C22H22F3N2O5P/c1-30-33(29,31-2)14-15-3-10-19(11-4-15)27-20(28)12-7-17-13-26-32-21(17)16-5-8-18(9-6-16)22(23,24)25/h3-6,8-11,13H,7,12,14H2,1-2H3,(H,27,28). The fourth-order valence-corrected chi connectivity index (χ4v) is 4.14. The summed E-state index contributed by atoms with van der Waals surface area (Å²) in [6, 6.07) is 11.3. The Kier molecular flexibility index (Phi) is 7.73. The van der Waals surface area contributed by atoms with Gasteiger partial charge in [0.1, 0.15) is 0 Å². The Morgan fingerprint density at radius 2 is 1.70 bits per heavy atom. The van der Waals surface area contributed by atoms with Gasteiger partial charge in [-0.05, 0) is 36.2 Å². The highest BCUT2D eigenvalue weighted by Gasteiger charge is 2.30. The number of halogens is 3. The second-order valence-electron chi connectivity index (χ2n) is 7.13. The predicted octanol–water partition coefficient (Wildman–Crippen LogP) is 5.92. The van der Waals surface area contributed by atoms with Gasteiger partial charge >= 0.3 is 13.8 Å². The van der Waals surface area contributed by atoms with Gasteiger partial charge in [0.25, 0.3) is 0 Å². The molecule has 0 unspecified atom stereocenters. The summed E-state index contributed by atoms with van der Waals surface area (Å²) in [4.78, 5) is 12.3. The molecule has 0 fully saturated rings. The molecule has 7 nitrogen and oxygen atoms in total. The third kappa shape index (κ3) is 6.54. The van der Waals surface area contributed by atoms with Crippen LogP contribution in [0.4, 0.5) is 18.9 Å². The van der Waals surface area contributed by atoms with Gasteiger partial charge in [0.15, 0.2) is 5.76 Å². The first-order chi connectivity index (χ1) is 15.6. The first kappa shape index (κ1) is 24.7. The van der Waals surface area contributed by atoms with Crippen molar-refractivity contribution in [2.24, 2.45) is 0 Å². The Morgan fingerprint density at radius 1 is 1.06 bits per heavy atom. The van der Waals surface area contributed by atoms with E-state index in [9.17, 15) is 22.5 Å². The van der Waals surface area contributed by atoms with E-state index in [1.807, 2.05) is 0 Å². The number of amides is 1. The van der Waals surface area contributed by atoms with Crippen LogP contribution < -0.4 is 5.32 Å². The van der Waals surface area contributed by atoms with Crippen LogP contribution >= 0.6 is 7.60 Å². The third-order valence-electron chi connectivity index (χ3n) is 4.91. The van der Waals surface area contributed by atoms with Crippen molar-refractivity contribution in [3.8, 4) is 11.3 Å². The van der Waals surface area contributed by atoms with Crippen LogP contribution in [0.2, 0.25) is 0 Å². The number of nitrogens with one attached hydrogen (secondary N) is 1. The average Bonchev–Trinajstić information content (AvgIpc) is 3.27. The highest BCUT2D eigenvalue weighted by molar-refractivity contribution is 7.52. The molecule has 0 saturated carbocycles. The van der Waals surface area contributed by atoms with Crippen LogP contribution in [0.3, 0.4) is 0 Å². The van der Waals surface area contributed by atoms with Crippen LogP contribution in [-0.2, 0) is 37.2 Å². The molecule has 11 heteroatoms. The molecule has 0 aliphatic carbocycles. The maximum atomic E-state index is 12.8. The third-order valence-corrected chi connectivity index (χ3v) is 6.78. The smallest absolute Gasteiger partial charge is 0.356 e. The minimum atomic E-state index is -4.42. The summed E-state index contributed by atoms with van der Waals surface area (Å²) >= 11 is 0. The summed E-state index contributed by atoms with van der Waals surface area (Å²) in [5.74, 6) is 0.0587. The van der Waals surface area contributed by atoms with Crippen LogP contribution in [0.25, 0.3) is 11.3 Å². The molecular weight excluding hydrogens is 460 g/mol. The fraction of sp³-hybridized carbons (Fsp3) is 0.273. The zero-order chi connectivity index (χ0) is 24.1. The van der Waals surface area contributed by atoms with Crippen LogP contribution in [0, 0.1) is 0 Å². The molecule has 1 amide bonds. The van der Waals surface area contributed by atoms with Crippen LogP contribution in [-0.4, -0.2) is 25.3 Å². The molecule has 0 aliphatic rings. The first-order valence-corrected chi connectivity index (χ1v) is 11.6. The van der Waals surface area contributed by atoms with Gasteiger partial charge in [-0.2, -0.15) is 13.2 Å². The van der Waals surface area contributed by atoms with E-state index in [0.717, 1.165) is 17.7 Å². The second kappa shape index (κ2) is 10.3. The van der Waals surface area contributed by atoms with Crippen molar-refractivity contribution in [2.45, 2.75) is 25.2 Å². The number of carbonyl (C=O) groups is 1. The van der Waals surface area contributed by atoms with E-state index in [1.54, 1.807) is 24.3 Å². The second-order valence-corrected chi connectivity index (χ2v) is 9.40. The van der Waals surface area contributed by atoms with Crippen molar-refractivity contribution in [3.63, 3.8) is 0 Å². The van der Waals surface area contributed by atoms with Gasteiger partial charge in [0.05, 0.1) is 17.9 Å². The largest absolute Gasteiger partial charge is 0.416 e. The fourth-order valence-electron chi connectivity index (χ4n) is 3.08. The molecule has 0 aliphatic heterocycles. The summed E-state index contributed by atoms with van der Waals surface area (Å²) in [5, 5.41) is 6.47. The summed E-state index contributed by atoms with van der Waals surface area (Å²) in [6.45, 7) is 0. The number of nitrogens with zero attached hydrogens (tertiary/aromatic N) is 1. The van der Waals surface area contributed by atoms with Crippen LogP contribution in [0.15, 0.2) is 59.3 Å². The number of anilines is 1. The van der Waals surface area contributed by atoms with E-state index in [1.165, 1.54) is 32.5 Å². The molecule has 1 heterocycles. The minimum Gasteiger partial charge on any atom is -0.356 e. The lowest BCUT2D eigenvalue weighted by atomic mass is 10.0. The quantitative estimate of drug-likeness (QED) is 0.381. The van der Waals surface area contributed by atoms with Gasteiger partial charge in [-0.1, -0.05) is 29.4 Å². The Bertz CT molecular complexity index is 1120.